The molecule has 132 valence electrons. The molecule has 7 heteroatoms. The number of amides is 2. The fourth-order valence-electron chi connectivity index (χ4n) is 2.21. The minimum atomic E-state index is -0.615. The standard InChI is InChI=1S/C16H28N2O5/c1-15(2,3)22-13(20)17-11-9-12(10-11)18(7-8-19)14(21)23-16(4,5)6/h8,11-12H,7,9-10H2,1-6H3,(H,17,20). The molecule has 0 unspecified atom stereocenters. The number of aldehydes is 1. The fourth-order valence-corrected chi connectivity index (χ4v) is 2.21. The Morgan fingerprint density at radius 2 is 1.61 bits per heavy atom. The van der Waals surface area contributed by atoms with Gasteiger partial charge in [-0.2, -0.15) is 0 Å². The number of hydrogen-bond acceptors (Lipinski definition) is 5. The summed E-state index contributed by atoms with van der Waals surface area (Å²) in [6.07, 6.45) is 0.850. The average molecular weight is 328 g/mol. The van der Waals surface area contributed by atoms with E-state index >= 15 is 0 Å². The van der Waals surface area contributed by atoms with E-state index in [0.29, 0.717) is 19.1 Å². The Morgan fingerprint density at radius 3 is 2.04 bits per heavy atom. The zero-order valence-electron chi connectivity index (χ0n) is 14.8. The molecule has 0 saturated heterocycles. The molecule has 0 aromatic rings. The van der Waals surface area contributed by atoms with Crippen molar-refractivity contribution in [2.45, 2.75) is 77.7 Å². The van der Waals surface area contributed by atoms with Crippen LogP contribution >= 0.6 is 0 Å². The predicted octanol–water partition coefficient (Wildman–Crippen LogP) is 2.48. The number of carbonyl (C=O) groups is 3. The largest absolute Gasteiger partial charge is 0.444 e. The number of nitrogens with zero attached hydrogens (tertiary/aromatic N) is 1. The third-order valence-electron chi connectivity index (χ3n) is 3.17. The van der Waals surface area contributed by atoms with E-state index in [1.807, 2.05) is 0 Å². The van der Waals surface area contributed by atoms with Gasteiger partial charge in [0.1, 0.15) is 17.5 Å². The molecule has 0 radical (unpaired) electrons. The first-order chi connectivity index (χ1) is 10.4. The summed E-state index contributed by atoms with van der Waals surface area (Å²) in [5.41, 5.74) is -1.16. The molecule has 0 spiro atoms. The van der Waals surface area contributed by atoms with Crippen LogP contribution in [0.4, 0.5) is 9.59 Å². The fraction of sp³-hybridized carbons (Fsp3) is 0.812. The van der Waals surface area contributed by atoms with Gasteiger partial charge in [-0.15, -0.1) is 0 Å². The van der Waals surface area contributed by atoms with Gasteiger partial charge in [-0.25, -0.2) is 9.59 Å². The Hall–Kier alpha value is -1.79. The van der Waals surface area contributed by atoms with Crippen LogP contribution in [-0.2, 0) is 14.3 Å². The van der Waals surface area contributed by atoms with Crippen LogP contribution in [0.1, 0.15) is 54.4 Å². The molecule has 23 heavy (non-hydrogen) atoms. The molecule has 0 aromatic carbocycles. The molecule has 0 aromatic heterocycles. The second-order valence-electron chi connectivity index (χ2n) is 7.77. The maximum atomic E-state index is 12.1. The van der Waals surface area contributed by atoms with Gasteiger partial charge >= 0.3 is 12.2 Å². The molecule has 1 N–H and O–H groups in total. The minimum absolute atomic E-state index is 0.0151. The summed E-state index contributed by atoms with van der Waals surface area (Å²) < 4.78 is 10.5. The Morgan fingerprint density at radius 1 is 1.09 bits per heavy atom. The van der Waals surface area contributed by atoms with Crippen molar-refractivity contribution < 1.29 is 23.9 Å². The van der Waals surface area contributed by atoms with Crippen LogP contribution in [0.3, 0.4) is 0 Å². The van der Waals surface area contributed by atoms with E-state index in [2.05, 4.69) is 5.32 Å². The highest BCUT2D eigenvalue weighted by Gasteiger charge is 2.38. The lowest BCUT2D eigenvalue weighted by Crippen LogP contribution is -2.57. The number of nitrogens with one attached hydrogen (secondary N) is 1. The molecule has 1 aliphatic carbocycles. The third-order valence-corrected chi connectivity index (χ3v) is 3.17. The Bertz CT molecular complexity index is 444. The number of carbonyl (C=O) groups excluding carboxylic acids is 3. The van der Waals surface area contributed by atoms with Crippen molar-refractivity contribution in [2.75, 3.05) is 6.54 Å². The summed E-state index contributed by atoms with van der Waals surface area (Å²) in [6, 6.07) is -0.179. The third kappa shape index (κ3) is 6.88. The number of rotatable bonds is 4. The van der Waals surface area contributed by atoms with Gasteiger partial charge in [-0.1, -0.05) is 0 Å². The Labute approximate surface area is 137 Å². The SMILES string of the molecule is CC(C)(C)OC(=O)NC1CC(N(CC=O)C(=O)OC(C)(C)C)C1. The Balaban J connectivity index is 2.49. The maximum absolute atomic E-state index is 12.1. The predicted molar refractivity (Wildman–Crippen MR) is 85.2 cm³/mol. The van der Waals surface area contributed by atoms with Crippen molar-refractivity contribution in [3.05, 3.63) is 0 Å². The van der Waals surface area contributed by atoms with Crippen molar-refractivity contribution in [3.63, 3.8) is 0 Å². The average Bonchev–Trinajstić information content (AvgIpc) is 2.26. The molecule has 1 fully saturated rings. The first kappa shape index (κ1) is 19.3. The molecule has 1 rings (SSSR count). The van der Waals surface area contributed by atoms with Crippen LogP contribution in [0.2, 0.25) is 0 Å². The first-order valence-corrected chi connectivity index (χ1v) is 7.84. The van der Waals surface area contributed by atoms with E-state index in [1.54, 1.807) is 41.5 Å². The minimum Gasteiger partial charge on any atom is -0.444 e. The highest BCUT2D eigenvalue weighted by atomic mass is 16.6. The van der Waals surface area contributed by atoms with Gasteiger partial charge in [0.2, 0.25) is 0 Å². The van der Waals surface area contributed by atoms with Crippen molar-refractivity contribution in [1.82, 2.24) is 10.2 Å². The molecule has 1 saturated carbocycles. The number of hydrogen-bond donors (Lipinski definition) is 1. The second-order valence-corrected chi connectivity index (χ2v) is 7.77. The van der Waals surface area contributed by atoms with Crippen LogP contribution < -0.4 is 5.32 Å². The highest BCUT2D eigenvalue weighted by molar-refractivity contribution is 5.72. The summed E-state index contributed by atoms with van der Waals surface area (Å²) in [5, 5.41) is 2.76. The highest BCUT2D eigenvalue weighted by Crippen LogP contribution is 2.27. The zero-order chi connectivity index (χ0) is 17.8. The summed E-state index contributed by atoms with van der Waals surface area (Å²) in [4.78, 5) is 36.0. The van der Waals surface area contributed by atoms with E-state index in [4.69, 9.17) is 9.47 Å². The van der Waals surface area contributed by atoms with E-state index < -0.39 is 23.4 Å². The Kier molecular flexibility index (Phi) is 6.02. The summed E-state index contributed by atoms with van der Waals surface area (Å²) in [6.45, 7) is 10.7. The first-order valence-electron chi connectivity index (χ1n) is 7.84. The molecule has 0 bridgehead atoms. The van der Waals surface area contributed by atoms with Gasteiger partial charge in [0, 0.05) is 12.1 Å². The normalized spacial score (nSPS) is 21.0. The van der Waals surface area contributed by atoms with Gasteiger partial charge in [-0.05, 0) is 54.4 Å². The topological polar surface area (TPSA) is 84.9 Å². The molecule has 0 atom stereocenters. The summed E-state index contributed by atoms with van der Waals surface area (Å²) in [5.74, 6) is 0. The maximum Gasteiger partial charge on any atom is 0.410 e. The zero-order valence-corrected chi connectivity index (χ0v) is 14.8. The van der Waals surface area contributed by atoms with Crippen molar-refractivity contribution in [1.29, 1.82) is 0 Å². The van der Waals surface area contributed by atoms with Gasteiger partial charge in [0.25, 0.3) is 0 Å². The van der Waals surface area contributed by atoms with Crippen molar-refractivity contribution in [2.24, 2.45) is 0 Å². The molecule has 0 aliphatic heterocycles. The number of alkyl carbamates (subject to hydrolysis) is 1. The van der Waals surface area contributed by atoms with Gasteiger partial charge in [0.15, 0.2) is 0 Å². The summed E-state index contributed by atoms with van der Waals surface area (Å²) >= 11 is 0. The van der Waals surface area contributed by atoms with E-state index in [-0.39, 0.29) is 18.6 Å². The van der Waals surface area contributed by atoms with Gasteiger partial charge < -0.3 is 19.6 Å². The second kappa shape index (κ2) is 7.19. The van der Waals surface area contributed by atoms with Crippen LogP contribution in [0.15, 0.2) is 0 Å². The lowest BCUT2D eigenvalue weighted by atomic mass is 9.85. The van der Waals surface area contributed by atoms with E-state index in [9.17, 15) is 14.4 Å². The van der Waals surface area contributed by atoms with Gasteiger partial charge in [-0.3, -0.25) is 4.90 Å². The van der Waals surface area contributed by atoms with Crippen LogP contribution in [-0.4, -0.2) is 53.2 Å². The molecule has 2 amide bonds. The van der Waals surface area contributed by atoms with Gasteiger partial charge in [0.05, 0.1) is 6.54 Å². The van der Waals surface area contributed by atoms with Crippen LogP contribution in [0.5, 0.6) is 0 Å². The van der Waals surface area contributed by atoms with Crippen LogP contribution in [0.25, 0.3) is 0 Å². The summed E-state index contributed by atoms with van der Waals surface area (Å²) in [7, 11) is 0. The van der Waals surface area contributed by atoms with Crippen LogP contribution in [0, 0.1) is 0 Å². The van der Waals surface area contributed by atoms with E-state index in [1.165, 1.54) is 4.90 Å². The molecule has 0 heterocycles. The quantitative estimate of drug-likeness (QED) is 0.801. The molecule has 7 nitrogen and oxygen atoms in total. The number of ether oxygens (including phenoxy) is 2. The monoisotopic (exact) mass is 328 g/mol. The molecule has 1 aliphatic rings. The molecular weight excluding hydrogens is 300 g/mol. The van der Waals surface area contributed by atoms with E-state index in [0.717, 1.165) is 0 Å². The smallest absolute Gasteiger partial charge is 0.410 e. The van der Waals surface area contributed by atoms with Crippen molar-refractivity contribution in [3.8, 4) is 0 Å². The van der Waals surface area contributed by atoms with Crippen molar-refractivity contribution >= 4 is 18.5 Å². The molecular formula is C16H28N2O5. The lowest BCUT2D eigenvalue weighted by molar-refractivity contribution is -0.110. The lowest BCUT2D eigenvalue weighted by Gasteiger charge is -2.42.